The Kier molecular flexibility index (Phi) is 8.59. The van der Waals surface area contributed by atoms with Crippen molar-refractivity contribution in [1.29, 1.82) is 0 Å². The number of nitrogens with zero attached hydrogens (tertiary/aromatic N) is 2. The number of hydroxylamine groups is 2. The monoisotopic (exact) mass is 493 g/mol. The van der Waals surface area contributed by atoms with Gasteiger partial charge in [0.15, 0.2) is 5.75 Å². The van der Waals surface area contributed by atoms with Crippen LogP contribution < -0.4 is 15.0 Å². The number of halogens is 2. The van der Waals surface area contributed by atoms with Crippen LogP contribution in [0.1, 0.15) is 45.6 Å². The fourth-order valence-corrected chi connectivity index (χ4v) is 3.71. The Morgan fingerprint density at radius 1 is 1.15 bits per heavy atom. The Morgan fingerprint density at radius 2 is 1.91 bits per heavy atom. The van der Waals surface area contributed by atoms with Crippen LogP contribution in [-0.4, -0.2) is 46.6 Å². The first-order valence-electron chi connectivity index (χ1n) is 10.8. The normalized spacial score (nSPS) is 15.1. The molecule has 2 aromatic rings. The quantitative estimate of drug-likeness (QED) is 0.463. The smallest absolute Gasteiger partial charge is 0.240 e. The maximum absolute atomic E-state index is 11.3. The summed E-state index contributed by atoms with van der Waals surface area (Å²) in [6.45, 7) is 6.40. The highest BCUT2D eigenvalue weighted by Crippen LogP contribution is 2.30. The summed E-state index contributed by atoms with van der Waals surface area (Å²) in [6, 6.07) is 12.7. The van der Waals surface area contributed by atoms with Crippen molar-refractivity contribution < 1.29 is 19.5 Å². The largest absolute Gasteiger partial charge is 0.492 e. The molecule has 178 valence electrons. The lowest BCUT2D eigenvalue weighted by Gasteiger charge is -2.38. The maximum Gasteiger partial charge on any atom is 0.240 e. The third kappa shape index (κ3) is 7.08. The van der Waals surface area contributed by atoms with Crippen molar-refractivity contribution in [3.05, 3.63) is 58.1 Å². The molecule has 3 rings (SSSR count). The number of ether oxygens (including phenoxy) is 1. The number of hydrogen-bond acceptors (Lipinski definition) is 6. The van der Waals surface area contributed by atoms with E-state index in [1.165, 1.54) is 0 Å². The zero-order valence-corrected chi connectivity index (χ0v) is 20.5. The number of rotatable bonds is 10. The number of carbonyl (C=O) groups excluding carboxylic acids is 1. The van der Waals surface area contributed by atoms with Gasteiger partial charge in [-0.2, -0.15) is 5.10 Å². The average Bonchev–Trinajstić information content (AvgIpc) is 2.76. The molecular weight excluding hydrogens is 465 g/mol. The van der Waals surface area contributed by atoms with Crippen LogP contribution in [0.15, 0.2) is 47.6 Å². The molecule has 1 heterocycles. The molecule has 0 saturated carbocycles. The number of aliphatic hydroxyl groups is 1. The van der Waals surface area contributed by atoms with Crippen LogP contribution in [0.3, 0.4) is 0 Å². The molecule has 0 fully saturated rings. The molecule has 1 amide bonds. The summed E-state index contributed by atoms with van der Waals surface area (Å²) in [4.78, 5) is 17.3. The number of carbonyl (C=O) groups is 1. The van der Waals surface area contributed by atoms with Crippen molar-refractivity contribution in [3.8, 4) is 11.5 Å². The van der Waals surface area contributed by atoms with E-state index >= 15 is 0 Å². The van der Waals surface area contributed by atoms with Gasteiger partial charge in [0.05, 0.1) is 40.6 Å². The number of amides is 1. The van der Waals surface area contributed by atoms with E-state index in [2.05, 4.69) is 10.5 Å². The van der Waals surface area contributed by atoms with E-state index in [1.54, 1.807) is 36.3 Å². The van der Waals surface area contributed by atoms with Gasteiger partial charge in [-0.25, -0.2) is 5.43 Å². The van der Waals surface area contributed by atoms with Gasteiger partial charge in [0.2, 0.25) is 5.91 Å². The third-order valence-electron chi connectivity index (χ3n) is 5.29. The fourth-order valence-electron chi connectivity index (χ4n) is 3.30. The molecule has 0 radical (unpaired) electrons. The third-order valence-corrected chi connectivity index (χ3v) is 5.90. The maximum atomic E-state index is 11.3. The standard InChI is InChI=1S/C24H29Cl2N3O4/c1-16(30)15-29(33-22-7-5-4-6-18(22)25)24(2,3)12-13-32-21-10-8-17(14-19(21)26)20-9-11-23(31)28-27-20/h4-8,10,14,16,30H,9,11-13,15H2,1-3H3,(H,28,31)/t16-/m0/s1. The summed E-state index contributed by atoms with van der Waals surface area (Å²) in [5.74, 6) is 0.996. The van der Waals surface area contributed by atoms with E-state index in [4.69, 9.17) is 32.8 Å². The van der Waals surface area contributed by atoms with E-state index in [9.17, 15) is 9.90 Å². The van der Waals surface area contributed by atoms with E-state index in [0.29, 0.717) is 54.0 Å². The SMILES string of the molecule is C[C@H](O)CN(Oc1ccccc1Cl)C(C)(C)CCOc1ccc(C2=NNC(=O)CC2)cc1Cl. The fraction of sp³-hybridized carbons (Fsp3) is 0.417. The first-order valence-corrected chi connectivity index (χ1v) is 11.6. The van der Waals surface area contributed by atoms with Gasteiger partial charge < -0.3 is 14.7 Å². The minimum atomic E-state index is -0.595. The second kappa shape index (κ2) is 11.2. The van der Waals surface area contributed by atoms with Gasteiger partial charge in [0.1, 0.15) is 5.75 Å². The number of nitrogens with one attached hydrogen (secondary N) is 1. The molecule has 1 atom stereocenters. The molecule has 0 saturated heterocycles. The molecule has 2 N–H and O–H groups in total. The summed E-state index contributed by atoms with van der Waals surface area (Å²) >= 11 is 12.7. The zero-order chi connectivity index (χ0) is 24.0. The van der Waals surface area contributed by atoms with Crippen LogP contribution in [0.4, 0.5) is 0 Å². The van der Waals surface area contributed by atoms with Crippen molar-refractivity contribution in [2.45, 2.75) is 51.7 Å². The highest BCUT2D eigenvalue weighted by Gasteiger charge is 2.30. The molecule has 0 spiro atoms. The lowest BCUT2D eigenvalue weighted by Crippen LogP contribution is -2.50. The molecule has 0 unspecified atom stereocenters. The number of hydrogen-bond donors (Lipinski definition) is 2. The molecule has 2 aromatic carbocycles. The van der Waals surface area contributed by atoms with Crippen LogP contribution in [0, 0.1) is 0 Å². The zero-order valence-electron chi connectivity index (χ0n) is 19.0. The van der Waals surface area contributed by atoms with E-state index in [-0.39, 0.29) is 5.91 Å². The molecule has 0 aliphatic carbocycles. The summed E-state index contributed by atoms with van der Waals surface area (Å²) in [6.07, 6.45) is 0.979. The van der Waals surface area contributed by atoms with Crippen molar-refractivity contribution >= 4 is 34.8 Å². The lowest BCUT2D eigenvalue weighted by atomic mass is 10.0. The minimum absolute atomic E-state index is 0.0874. The second-order valence-electron chi connectivity index (χ2n) is 8.58. The molecule has 33 heavy (non-hydrogen) atoms. The number of aliphatic hydroxyl groups excluding tert-OH is 1. The Labute approximate surface area is 204 Å². The summed E-state index contributed by atoms with van der Waals surface area (Å²) in [5, 5.41) is 16.8. The average molecular weight is 494 g/mol. The minimum Gasteiger partial charge on any atom is -0.492 e. The highest BCUT2D eigenvalue weighted by molar-refractivity contribution is 6.32. The van der Waals surface area contributed by atoms with Gasteiger partial charge in [-0.1, -0.05) is 35.3 Å². The van der Waals surface area contributed by atoms with E-state index in [0.717, 1.165) is 11.3 Å². The predicted molar refractivity (Wildman–Crippen MR) is 130 cm³/mol. The van der Waals surface area contributed by atoms with Gasteiger partial charge in [0.25, 0.3) is 0 Å². The van der Waals surface area contributed by atoms with Gasteiger partial charge >= 0.3 is 0 Å². The van der Waals surface area contributed by atoms with Crippen molar-refractivity contribution in [3.63, 3.8) is 0 Å². The summed E-state index contributed by atoms with van der Waals surface area (Å²) in [5.41, 5.74) is 3.66. The Balaban J connectivity index is 1.63. The second-order valence-corrected chi connectivity index (χ2v) is 9.40. The van der Waals surface area contributed by atoms with Crippen LogP contribution >= 0.6 is 23.2 Å². The first kappa shape index (κ1) is 25.3. The van der Waals surface area contributed by atoms with Crippen LogP contribution in [0.25, 0.3) is 0 Å². The molecule has 1 aliphatic rings. The van der Waals surface area contributed by atoms with Gasteiger partial charge in [0, 0.05) is 19.3 Å². The van der Waals surface area contributed by atoms with Crippen LogP contribution in [0.2, 0.25) is 10.0 Å². The number of benzene rings is 2. The predicted octanol–water partition coefficient (Wildman–Crippen LogP) is 4.83. The number of hydrazone groups is 1. The Hall–Kier alpha value is -2.32. The van der Waals surface area contributed by atoms with Gasteiger partial charge in [-0.3, -0.25) is 4.79 Å². The van der Waals surface area contributed by atoms with Crippen molar-refractivity contribution in [2.75, 3.05) is 13.2 Å². The van der Waals surface area contributed by atoms with Crippen molar-refractivity contribution in [1.82, 2.24) is 10.5 Å². The van der Waals surface area contributed by atoms with Crippen molar-refractivity contribution in [2.24, 2.45) is 5.10 Å². The molecule has 9 heteroatoms. The van der Waals surface area contributed by atoms with Crippen LogP contribution in [0.5, 0.6) is 11.5 Å². The molecule has 0 aromatic heterocycles. The van der Waals surface area contributed by atoms with E-state index in [1.807, 2.05) is 32.0 Å². The Bertz CT molecular complexity index is 1010. The lowest BCUT2D eigenvalue weighted by molar-refractivity contribution is -0.153. The summed E-state index contributed by atoms with van der Waals surface area (Å²) in [7, 11) is 0. The van der Waals surface area contributed by atoms with Gasteiger partial charge in [-0.15, -0.1) is 5.06 Å². The summed E-state index contributed by atoms with van der Waals surface area (Å²) < 4.78 is 5.95. The topological polar surface area (TPSA) is 83.4 Å². The first-order chi connectivity index (χ1) is 15.7. The van der Waals surface area contributed by atoms with Gasteiger partial charge in [-0.05, 0) is 56.7 Å². The highest BCUT2D eigenvalue weighted by atomic mass is 35.5. The number of β-amino-alcohol motifs (C(OH)–C–C–N with tert-alkyl or cyclic N) is 1. The Morgan fingerprint density at radius 3 is 2.55 bits per heavy atom. The molecular formula is C24H29Cl2N3O4. The van der Waals surface area contributed by atoms with E-state index < -0.39 is 11.6 Å². The molecule has 7 nitrogen and oxygen atoms in total. The van der Waals surface area contributed by atoms with Crippen LogP contribution in [-0.2, 0) is 4.79 Å². The molecule has 0 bridgehead atoms. The number of para-hydroxylation sites is 1. The molecule has 1 aliphatic heterocycles.